The molecule has 0 unspecified atom stereocenters. The number of rotatable bonds is 3. The zero-order valence-corrected chi connectivity index (χ0v) is 14.4. The average molecular weight is 367 g/mol. The fraction of sp³-hybridized carbons (Fsp3) is 0.278. The standard InChI is InChI=1S/C18H17N5O4/c24-16(11-23-18(26)14-3-1-2-4-15(14)19-20-23)21-6-8-22(9-7-21)17(25)13-5-10-27-12-13/h1-5,10,12H,6-9,11H2. The van der Waals surface area contributed by atoms with Crippen molar-refractivity contribution < 1.29 is 14.0 Å². The second-order valence-electron chi connectivity index (χ2n) is 6.25. The minimum atomic E-state index is -0.345. The highest BCUT2D eigenvalue weighted by atomic mass is 16.3. The van der Waals surface area contributed by atoms with Crippen molar-refractivity contribution in [3.05, 3.63) is 58.8 Å². The third kappa shape index (κ3) is 3.31. The van der Waals surface area contributed by atoms with Crippen LogP contribution in [0.5, 0.6) is 0 Å². The summed E-state index contributed by atoms with van der Waals surface area (Å²) in [5.41, 5.74) is 0.646. The molecule has 27 heavy (non-hydrogen) atoms. The van der Waals surface area contributed by atoms with Crippen LogP contribution in [0.2, 0.25) is 0 Å². The van der Waals surface area contributed by atoms with Gasteiger partial charge >= 0.3 is 0 Å². The van der Waals surface area contributed by atoms with Crippen molar-refractivity contribution in [2.75, 3.05) is 26.2 Å². The molecule has 0 atom stereocenters. The normalized spacial score (nSPS) is 14.5. The van der Waals surface area contributed by atoms with Crippen molar-refractivity contribution in [1.29, 1.82) is 0 Å². The number of furan rings is 1. The lowest BCUT2D eigenvalue weighted by Gasteiger charge is -2.34. The third-order valence-electron chi connectivity index (χ3n) is 4.60. The Bertz CT molecular complexity index is 1040. The number of aromatic nitrogens is 3. The predicted molar refractivity (Wildman–Crippen MR) is 95.0 cm³/mol. The zero-order valence-electron chi connectivity index (χ0n) is 14.4. The van der Waals surface area contributed by atoms with Gasteiger partial charge in [0, 0.05) is 26.2 Å². The highest BCUT2D eigenvalue weighted by molar-refractivity contribution is 5.94. The second-order valence-corrected chi connectivity index (χ2v) is 6.25. The van der Waals surface area contributed by atoms with Crippen molar-refractivity contribution in [3.63, 3.8) is 0 Å². The Balaban J connectivity index is 1.41. The molecule has 0 bridgehead atoms. The summed E-state index contributed by atoms with van der Waals surface area (Å²) >= 11 is 0. The number of hydrogen-bond donors (Lipinski definition) is 0. The van der Waals surface area contributed by atoms with E-state index in [1.807, 2.05) is 0 Å². The lowest BCUT2D eigenvalue weighted by atomic mass is 10.2. The summed E-state index contributed by atoms with van der Waals surface area (Å²) in [4.78, 5) is 40.6. The number of piperazine rings is 1. The number of carbonyl (C=O) groups is 2. The van der Waals surface area contributed by atoms with E-state index >= 15 is 0 Å². The summed E-state index contributed by atoms with van der Waals surface area (Å²) in [5.74, 6) is -0.343. The fourth-order valence-corrected chi connectivity index (χ4v) is 3.08. The molecule has 3 aromatic rings. The Hall–Kier alpha value is -3.49. The molecule has 1 saturated heterocycles. The summed E-state index contributed by atoms with van der Waals surface area (Å²) in [6.07, 6.45) is 2.86. The van der Waals surface area contributed by atoms with Crippen molar-refractivity contribution in [2.24, 2.45) is 0 Å². The van der Waals surface area contributed by atoms with Crippen molar-refractivity contribution in [2.45, 2.75) is 6.54 Å². The molecule has 0 spiro atoms. The first-order valence-corrected chi connectivity index (χ1v) is 8.55. The third-order valence-corrected chi connectivity index (χ3v) is 4.60. The summed E-state index contributed by atoms with van der Waals surface area (Å²) in [7, 11) is 0. The maximum absolute atomic E-state index is 12.5. The Morgan fingerprint density at radius 1 is 1.04 bits per heavy atom. The number of nitrogens with zero attached hydrogens (tertiary/aromatic N) is 5. The molecule has 1 aromatic carbocycles. The molecule has 2 aromatic heterocycles. The number of amides is 2. The SMILES string of the molecule is O=C(Cn1nnc2ccccc2c1=O)N1CCN(C(=O)c2ccoc2)CC1. The minimum absolute atomic E-state index is 0.118. The molecular weight excluding hydrogens is 350 g/mol. The van der Waals surface area contributed by atoms with E-state index in [1.165, 1.54) is 12.5 Å². The van der Waals surface area contributed by atoms with Crippen LogP contribution in [-0.4, -0.2) is 62.8 Å². The minimum Gasteiger partial charge on any atom is -0.472 e. The van der Waals surface area contributed by atoms with Crippen LogP contribution < -0.4 is 5.56 Å². The highest BCUT2D eigenvalue weighted by Gasteiger charge is 2.25. The van der Waals surface area contributed by atoms with Gasteiger partial charge in [-0.1, -0.05) is 17.3 Å². The van der Waals surface area contributed by atoms with Crippen LogP contribution in [0.4, 0.5) is 0 Å². The van der Waals surface area contributed by atoms with Gasteiger partial charge in [-0.25, -0.2) is 4.68 Å². The van der Waals surface area contributed by atoms with Gasteiger partial charge in [-0.2, -0.15) is 0 Å². The lowest BCUT2D eigenvalue weighted by molar-refractivity contribution is -0.133. The average Bonchev–Trinajstić information content (AvgIpc) is 3.25. The molecule has 1 fully saturated rings. The molecular formula is C18H17N5O4. The zero-order chi connectivity index (χ0) is 18.8. The summed E-state index contributed by atoms with van der Waals surface area (Å²) in [6, 6.07) is 8.49. The maximum Gasteiger partial charge on any atom is 0.278 e. The van der Waals surface area contributed by atoms with Crippen LogP contribution in [0, 0.1) is 0 Å². The van der Waals surface area contributed by atoms with Gasteiger partial charge in [-0.05, 0) is 18.2 Å². The monoisotopic (exact) mass is 367 g/mol. The van der Waals surface area contributed by atoms with Crippen molar-refractivity contribution >= 4 is 22.7 Å². The molecule has 3 heterocycles. The topological polar surface area (TPSA) is 102 Å². The first kappa shape index (κ1) is 17.0. The van der Waals surface area contributed by atoms with E-state index in [9.17, 15) is 14.4 Å². The van der Waals surface area contributed by atoms with Gasteiger partial charge in [0.1, 0.15) is 18.3 Å². The maximum atomic E-state index is 12.5. The van der Waals surface area contributed by atoms with E-state index in [2.05, 4.69) is 10.3 Å². The Labute approximate surface area is 153 Å². The molecule has 1 aliphatic rings. The molecule has 0 aliphatic carbocycles. The van der Waals surface area contributed by atoms with Gasteiger partial charge in [0.15, 0.2) is 0 Å². The molecule has 138 valence electrons. The van der Waals surface area contributed by atoms with Crippen LogP contribution in [0.3, 0.4) is 0 Å². The molecule has 0 saturated carbocycles. The van der Waals surface area contributed by atoms with Gasteiger partial charge in [0.2, 0.25) is 5.91 Å². The van der Waals surface area contributed by atoms with Crippen LogP contribution in [0.15, 0.2) is 52.1 Å². The molecule has 9 heteroatoms. The van der Waals surface area contributed by atoms with Crippen LogP contribution in [-0.2, 0) is 11.3 Å². The summed E-state index contributed by atoms with van der Waals surface area (Å²) in [6.45, 7) is 1.48. The molecule has 9 nitrogen and oxygen atoms in total. The molecule has 0 radical (unpaired) electrons. The molecule has 2 amide bonds. The smallest absolute Gasteiger partial charge is 0.278 e. The van der Waals surface area contributed by atoms with Crippen molar-refractivity contribution in [1.82, 2.24) is 24.8 Å². The van der Waals surface area contributed by atoms with Gasteiger partial charge in [0.25, 0.3) is 11.5 Å². The van der Waals surface area contributed by atoms with Gasteiger partial charge in [-0.3, -0.25) is 14.4 Å². The van der Waals surface area contributed by atoms with E-state index in [4.69, 9.17) is 4.42 Å². The van der Waals surface area contributed by atoms with E-state index in [1.54, 1.807) is 40.1 Å². The van der Waals surface area contributed by atoms with Crippen LogP contribution >= 0.6 is 0 Å². The van der Waals surface area contributed by atoms with E-state index < -0.39 is 0 Å². The van der Waals surface area contributed by atoms with Crippen LogP contribution in [0.25, 0.3) is 10.9 Å². The summed E-state index contributed by atoms with van der Waals surface area (Å²) < 4.78 is 6.01. The number of hydrogen-bond acceptors (Lipinski definition) is 6. The first-order valence-electron chi connectivity index (χ1n) is 8.55. The Morgan fingerprint density at radius 3 is 2.52 bits per heavy atom. The van der Waals surface area contributed by atoms with Crippen molar-refractivity contribution in [3.8, 4) is 0 Å². The number of benzene rings is 1. The lowest BCUT2D eigenvalue weighted by Crippen LogP contribution is -2.51. The Morgan fingerprint density at radius 2 is 1.78 bits per heavy atom. The van der Waals surface area contributed by atoms with E-state index in [-0.39, 0.29) is 23.9 Å². The van der Waals surface area contributed by atoms with Gasteiger partial charge in [-0.15, -0.1) is 5.10 Å². The fourth-order valence-electron chi connectivity index (χ4n) is 3.08. The highest BCUT2D eigenvalue weighted by Crippen LogP contribution is 2.10. The largest absolute Gasteiger partial charge is 0.472 e. The predicted octanol–water partition coefficient (Wildman–Crippen LogP) is 0.369. The van der Waals surface area contributed by atoms with Gasteiger partial charge in [0.05, 0.1) is 17.2 Å². The van der Waals surface area contributed by atoms with Gasteiger partial charge < -0.3 is 14.2 Å². The second kappa shape index (κ2) is 7.02. The molecule has 4 rings (SSSR count). The molecule has 1 aliphatic heterocycles. The summed E-state index contributed by atoms with van der Waals surface area (Å²) in [5, 5.41) is 8.26. The van der Waals surface area contributed by atoms with Crippen LogP contribution in [0.1, 0.15) is 10.4 Å². The number of carbonyl (C=O) groups excluding carboxylic acids is 2. The molecule has 0 N–H and O–H groups in total. The van der Waals surface area contributed by atoms with E-state index in [0.29, 0.717) is 42.6 Å². The quantitative estimate of drug-likeness (QED) is 0.663. The number of fused-ring (bicyclic) bond motifs is 1. The van der Waals surface area contributed by atoms with E-state index in [0.717, 1.165) is 4.68 Å². The Kier molecular flexibility index (Phi) is 4.41. The first-order chi connectivity index (χ1) is 13.1.